The van der Waals surface area contributed by atoms with Crippen LogP contribution >= 0.6 is 0 Å². The van der Waals surface area contributed by atoms with Gasteiger partial charge in [0.05, 0.1) is 5.60 Å². The maximum atomic E-state index is 11.4. The molecular weight excluding hydrogens is 234 g/mol. The largest absolute Gasteiger partial charge is 0.389 e. The molecule has 0 saturated heterocycles. The summed E-state index contributed by atoms with van der Waals surface area (Å²) in [5, 5.41) is 11.4. The molecule has 3 N–H and O–H groups in total. The number of rotatable bonds is 2. The van der Waals surface area contributed by atoms with E-state index in [9.17, 15) is 5.11 Å². The van der Waals surface area contributed by atoms with Gasteiger partial charge in [0.2, 0.25) is 0 Å². The van der Waals surface area contributed by atoms with Gasteiger partial charge < -0.3 is 10.8 Å². The molecule has 0 heterocycles. The van der Waals surface area contributed by atoms with Gasteiger partial charge in [0, 0.05) is 12.0 Å². The van der Waals surface area contributed by atoms with Crippen LogP contribution in [0.15, 0.2) is 0 Å². The maximum absolute atomic E-state index is 11.4. The van der Waals surface area contributed by atoms with Crippen LogP contribution in [0.5, 0.6) is 0 Å². The first-order chi connectivity index (χ1) is 9.03. The molecule has 2 fully saturated rings. The first-order valence-electron chi connectivity index (χ1n) is 8.45. The van der Waals surface area contributed by atoms with Gasteiger partial charge in [-0.3, -0.25) is 0 Å². The molecular formula is C17H33NO. The summed E-state index contributed by atoms with van der Waals surface area (Å²) in [4.78, 5) is 0. The molecule has 2 aliphatic rings. The number of nitrogens with two attached hydrogens (primary N) is 1. The van der Waals surface area contributed by atoms with Gasteiger partial charge in [0.1, 0.15) is 0 Å². The van der Waals surface area contributed by atoms with E-state index >= 15 is 0 Å². The predicted octanol–water partition coefficient (Wildman–Crippen LogP) is 3.86. The maximum Gasteiger partial charge on any atom is 0.0718 e. The highest BCUT2D eigenvalue weighted by molar-refractivity contribution is 5.03. The summed E-state index contributed by atoms with van der Waals surface area (Å²) >= 11 is 0. The van der Waals surface area contributed by atoms with Crippen LogP contribution in [-0.2, 0) is 0 Å². The minimum atomic E-state index is -0.495. The van der Waals surface area contributed by atoms with E-state index in [4.69, 9.17) is 5.73 Å². The van der Waals surface area contributed by atoms with Crippen molar-refractivity contribution in [3.8, 4) is 0 Å². The predicted molar refractivity (Wildman–Crippen MR) is 80.9 cm³/mol. The third-order valence-electron chi connectivity index (χ3n) is 6.33. The molecule has 2 rings (SSSR count). The van der Waals surface area contributed by atoms with Crippen molar-refractivity contribution in [3.63, 3.8) is 0 Å². The zero-order valence-corrected chi connectivity index (χ0v) is 13.0. The van der Waals surface area contributed by atoms with Crippen molar-refractivity contribution < 1.29 is 5.11 Å². The Bertz CT molecular complexity index is 283. The second-order valence-corrected chi connectivity index (χ2v) is 7.48. The molecule has 0 aromatic rings. The van der Waals surface area contributed by atoms with Crippen LogP contribution in [0.25, 0.3) is 0 Å². The molecule has 0 radical (unpaired) electrons. The van der Waals surface area contributed by atoms with Gasteiger partial charge in [0.25, 0.3) is 0 Å². The summed E-state index contributed by atoms with van der Waals surface area (Å²) in [6.45, 7) is 5.31. The van der Waals surface area contributed by atoms with Crippen molar-refractivity contribution in [3.05, 3.63) is 0 Å². The highest BCUT2D eigenvalue weighted by atomic mass is 16.3. The fraction of sp³-hybridized carbons (Fsp3) is 1.00. The van der Waals surface area contributed by atoms with E-state index in [0.717, 1.165) is 31.6 Å². The van der Waals surface area contributed by atoms with Crippen LogP contribution in [0, 0.1) is 17.3 Å². The first-order valence-corrected chi connectivity index (χ1v) is 8.45. The Kier molecular flexibility index (Phi) is 4.94. The van der Waals surface area contributed by atoms with Gasteiger partial charge in [-0.2, -0.15) is 0 Å². The molecule has 0 aromatic carbocycles. The molecule has 2 aliphatic carbocycles. The van der Waals surface area contributed by atoms with Gasteiger partial charge in [0.15, 0.2) is 0 Å². The summed E-state index contributed by atoms with van der Waals surface area (Å²) in [6.07, 6.45) is 11.9. The summed E-state index contributed by atoms with van der Waals surface area (Å²) < 4.78 is 0. The average molecular weight is 267 g/mol. The number of hydrogen-bond donors (Lipinski definition) is 2. The zero-order chi connectivity index (χ0) is 13.9. The van der Waals surface area contributed by atoms with Crippen molar-refractivity contribution in [1.82, 2.24) is 0 Å². The van der Waals surface area contributed by atoms with E-state index in [-0.39, 0.29) is 5.41 Å². The summed E-state index contributed by atoms with van der Waals surface area (Å²) in [5.41, 5.74) is 5.70. The van der Waals surface area contributed by atoms with Crippen LogP contribution in [0.1, 0.15) is 78.1 Å². The van der Waals surface area contributed by atoms with E-state index in [0.29, 0.717) is 12.5 Å². The molecule has 2 nitrogen and oxygen atoms in total. The summed E-state index contributed by atoms with van der Waals surface area (Å²) in [7, 11) is 0. The zero-order valence-electron chi connectivity index (χ0n) is 13.0. The molecule has 0 amide bonds. The van der Waals surface area contributed by atoms with Crippen LogP contribution in [0.3, 0.4) is 0 Å². The first kappa shape index (κ1) is 15.3. The SMILES string of the molecule is CC1CCC(O)(C2(CN)CCCCCCC2)CC1C. The number of hydrogen-bond acceptors (Lipinski definition) is 2. The molecule has 0 aliphatic heterocycles. The van der Waals surface area contributed by atoms with E-state index in [2.05, 4.69) is 13.8 Å². The van der Waals surface area contributed by atoms with Crippen LogP contribution < -0.4 is 5.73 Å². The van der Waals surface area contributed by atoms with Crippen molar-refractivity contribution in [2.45, 2.75) is 83.7 Å². The summed E-state index contributed by atoms with van der Waals surface area (Å²) in [5.74, 6) is 1.39. The Morgan fingerprint density at radius 1 is 0.947 bits per heavy atom. The third kappa shape index (κ3) is 3.00. The molecule has 3 unspecified atom stereocenters. The minimum absolute atomic E-state index is 0.00181. The van der Waals surface area contributed by atoms with Crippen molar-refractivity contribution in [1.29, 1.82) is 0 Å². The molecule has 0 bridgehead atoms. The lowest BCUT2D eigenvalue weighted by molar-refractivity contribution is -0.135. The normalized spacial score (nSPS) is 40.4. The van der Waals surface area contributed by atoms with Gasteiger partial charge in [-0.1, -0.05) is 46.0 Å². The topological polar surface area (TPSA) is 46.2 Å². The van der Waals surface area contributed by atoms with Crippen LogP contribution in [0.4, 0.5) is 0 Å². The Morgan fingerprint density at radius 3 is 2.05 bits per heavy atom. The van der Waals surface area contributed by atoms with Gasteiger partial charge in [-0.25, -0.2) is 0 Å². The molecule has 2 heteroatoms. The Labute approximate surface area is 119 Å². The lowest BCUT2D eigenvalue weighted by atomic mass is 9.57. The van der Waals surface area contributed by atoms with E-state index in [1.807, 2.05) is 0 Å². The van der Waals surface area contributed by atoms with E-state index in [1.54, 1.807) is 0 Å². The second-order valence-electron chi connectivity index (χ2n) is 7.48. The smallest absolute Gasteiger partial charge is 0.0718 e. The van der Waals surface area contributed by atoms with Crippen LogP contribution in [-0.4, -0.2) is 17.3 Å². The minimum Gasteiger partial charge on any atom is -0.389 e. The average Bonchev–Trinajstić information content (AvgIpc) is 2.35. The quantitative estimate of drug-likeness (QED) is 0.798. The van der Waals surface area contributed by atoms with Crippen molar-refractivity contribution >= 4 is 0 Å². The molecule has 3 atom stereocenters. The molecule has 0 spiro atoms. The lowest BCUT2D eigenvalue weighted by Crippen LogP contribution is -2.56. The number of aliphatic hydroxyl groups is 1. The Balaban J connectivity index is 2.17. The lowest BCUT2D eigenvalue weighted by Gasteiger charge is -2.52. The molecule has 0 aromatic heterocycles. The fourth-order valence-electron chi connectivity index (χ4n) is 4.51. The highest BCUT2D eigenvalue weighted by Gasteiger charge is 2.51. The second kappa shape index (κ2) is 6.13. The van der Waals surface area contributed by atoms with Crippen molar-refractivity contribution in [2.24, 2.45) is 23.0 Å². The van der Waals surface area contributed by atoms with Crippen LogP contribution in [0.2, 0.25) is 0 Å². The van der Waals surface area contributed by atoms with E-state index < -0.39 is 5.60 Å². The molecule has 19 heavy (non-hydrogen) atoms. The monoisotopic (exact) mass is 267 g/mol. The summed E-state index contributed by atoms with van der Waals surface area (Å²) in [6, 6.07) is 0. The van der Waals surface area contributed by atoms with Gasteiger partial charge >= 0.3 is 0 Å². The van der Waals surface area contributed by atoms with Gasteiger partial charge in [-0.15, -0.1) is 0 Å². The van der Waals surface area contributed by atoms with Gasteiger partial charge in [-0.05, 0) is 43.9 Å². The Hall–Kier alpha value is -0.0800. The highest BCUT2D eigenvalue weighted by Crippen LogP contribution is 2.51. The third-order valence-corrected chi connectivity index (χ3v) is 6.33. The van der Waals surface area contributed by atoms with E-state index in [1.165, 1.54) is 38.5 Å². The Morgan fingerprint density at radius 2 is 1.53 bits per heavy atom. The fourth-order valence-corrected chi connectivity index (χ4v) is 4.51. The molecule has 2 saturated carbocycles. The standard InChI is InChI=1S/C17H33NO/c1-14-8-11-17(19,12-15(14)2)16(13-18)9-6-4-3-5-7-10-16/h14-15,19H,3-13,18H2,1-2H3. The molecule has 112 valence electrons. The van der Waals surface area contributed by atoms with Crippen molar-refractivity contribution in [2.75, 3.05) is 6.54 Å².